The Balaban J connectivity index is 2.27. The van der Waals surface area contributed by atoms with Gasteiger partial charge >= 0.3 is 0 Å². The van der Waals surface area contributed by atoms with Gasteiger partial charge in [0.2, 0.25) is 0 Å². The quantitative estimate of drug-likeness (QED) is 0.931. The van der Waals surface area contributed by atoms with Crippen molar-refractivity contribution in [3.05, 3.63) is 34.2 Å². The lowest BCUT2D eigenvalue weighted by Crippen LogP contribution is -2.16. The number of fused-ring (bicyclic) bond motifs is 2. The molecule has 1 N–H and O–H groups in total. The molecular formula is C15H16ClFN2O. The van der Waals surface area contributed by atoms with Gasteiger partial charge in [0.15, 0.2) is 5.82 Å². The van der Waals surface area contributed by atoms with E-state index >= 15 is 0 Å². The first-order valence-electron chi connectivity index (χ1n) is 6.83. The predicted molar refractivity (Wildman–Crippen MR) is 78.9 cm³/mol. The van der Waals surface area contributed by atoms with Crippen LogP contribution in [0.5, 0.6) is 0 Å². The van der Waals surface area contributed by atoms with Crippen molar-refractivity contribution in [3.63, 3.8) is 0 Å². The molecule has 1 aliphatic heterocycles. The standard InChI is InChI=1S/C15H16ClFN2O/c1-2-6-18-14-9-3-4-11(16)13(17)15(9)19-12-5-7-20-8-10(12)14/h3-4H,2,5-8H2,1H3,(H,18,19). The second kappa shape index (κ2) is 5.54. The van der Waals surface area contributed by atoms with E-state index < -0.39 is 5.82 Å². The number of halogens is 2. The van der Waals surface area contributed by atoms with Crippen LogP contribution in [-0.2, 0) is 17.8 Å². The maximum absolute atomic E-state index is 14.2. The topological polar surface area (TPSA) is 34.2 Å². The second-order valence-corrected chi connectivity index (χ2v) is 5.31. The zero-order valence-corrected chi connectivity index (χ0v) is 12.1. The van der Waals surface area contributed by atoms with E-state index in [9.17, 15) is 4.39 Å². The van der Waals surface area contributed by atoms with Gasteiger partial charge in [-0.05, 0) is 18.6 Å². The number of ether oxygens (including phenoxy) is 1. The Morgan fingerprint density at radius 3 is 3.10 bits per heavy atom. The molecule has 1 aromatic carbocycles. The van der Waals surface area contributed by atoms with E-state index in [4.69, 9.17) is 16.3 Å². The van der Waals surface area contributed by atoms with Crippen molar-refractivity contribution in [3.8, 4) is 0 Å². The predicted octanol–water partition coefficient (Wildman–Crippen LogP) is 3.92. The molecule has 20 heavy (non-hydrogen) atoms. The Hall–Kier alpha value is -1.39. The van der Waals surface area contributed by atoms with Crippen LogP contribution in [0, 0.1) is 5.82 Å². The Morgan fingerprint density at radius 1 is 1.45 bits per heavy atom. The van der Waals surface area contributed by atoms with Gasteiger partial charge in [0.05, 0.1) is 29.6 Å². The number of hydrogen-bond acceptors (Lipinski definition) is 3. The number of nitrogens with zero attached hydrogens (tertiary/aromatic N) is 1. The average molecular weight is 295 g/mol. The number of rotatable bonds is 3. The first-order chi connectivity index (χ1) is 9.72. The summed E-state index contributed by atoms with van der Waals surface area (Å²) < 4.78 is 19.7. The SMILES string of the molecule is CCCNc1c2c(nc3c(F)c(Cl)ccc13)CCOC2. The molecule has 2 aromatic rings. The lowest BCUT2D eigenvalue weighted by Gasteiger charge is -2.22. The van der Waals surface area contributed by atoms with Crippen LogP contribution >= 0.6 is 11.6 Å². The van der Waals surface area contributed by atoms with E-state index in [2.05, 4.69) is 17.2 Å². The molecule has 0 atom stereocenters. The summed E-state index contributed by atoms with van der Waals surface area (Å²) in [5, 5.41) is 4.26. The van der Waals surface area contributed by atoms with Gasteiger partial charge < -0.3 is 10.1 Å². The summed E-state index contributed by atoms with van der Waals surface area (Å²) in [5.74, 6) is -0.446. The van der Waals surface area contributed by atoms with Gasteiger partial charge in [0, 0.05) is 23.9 Å². The van der Waals surface area contributed by atoms with Gasteiger partial charge in [-0.15, -0.1) is 0 Å². The van der Waals surface area contributed by atoms with Crippen LogP contribution in [0.2, 0.25) is 5.02 Å². The van der Waals surface area contributed by atoms with E-state index in [0.717, 1.165) is 35.3 Å². The van der Waals surface area contributed by atoms with Crippen LogP contribution in [0.3, 0.4) is 0 Å². The maximum Gasteiger partial charge on any atom is 0.168 e. The molecule has 106 valence electrons. The Morgan fingerprint density at radius 2 is 2.30 bits per heavy atom. The summed E-state index contributed by atoms with van der Waals surface area (Å²) in [6.45, 7) is 4.07. The van der Waals surface area contributed by atoms with Crippen LogP contribution in [-0.4, -0.2) is 18.1 Å². The number of pyridine rings is 1. The van der Waals surface area contributed by atoms with Crippen LogP contribution in [0.15, 0.2) is 12.1 Å². The third kappa shape index (κ3) is 2.23. The monoisotopic (exact) mass is 294 g/mol. The van der Waals surface area contributed by atoms with E-state index in [1.54, 1.807) is 6.07 Å². The normalized spacial score (nSPS) is 14.3. The number of hydrogen-bond donors (Lipinski definition) is 1. The molecule has 0 unspecified atom stereocenters. The van der Waals surface area contributed by atoms with E-state index in [-0.39, 0.29) is 5.02 Å². The molecule has 0 amide bonds. The van der Waals surface area contributed by atoms with Crippen LogP contribution in [0.25, 0.3) is 10.9 Å². The van der Waals surface area contributed by atoms with Gasteiger partial charge in [-0.3, -0.25) is 0 Å². The van der Waals surface area contributed by atoms with Crippen molar-refractivity contribution in [2.24, 2.45) is 0 Å². The molecule has 5 heteroatoms. The van der Waals surface area contributed by atoms with Gasteiger partial charge in [-0.25, -0.2) is 9.37 Å². The average Bonchev–Trinajstić information content (AvgIpc) is 2.48. The van der Waals surface area contributed by atoms with Crippen molar-refractivity contribution >= 4 is 28.2 Å². The van der Waals surface area contributed by atoms with E-state index in [0.29, 0.717) is 25.2 Å². The highest BCUT2D eigenvalue weighted by Gasteiger charge is 2.20. The van der Waals surface area contributed by atoms with Crippen molar-refractivity contribution in [1.82, 2.24) is 4.98 Å². The zero-order valence-electron chi connectivity index (χ0n) is 11.3. The summed E-state index contributed by atoms with van der Waals surface area (Å²) in [7, 11) is 0. The molecule has 1 aromatic heterocycles. The fraction of sp³-hybridized carbons (Fsp3) is 0.400. The van der Waals surface area contributed by atoms with Gasteiger partial charge in [-0.1, -0.05) is 18.5 Å². The van der Waals surface area contributed by atoms with Gasteiger partial charge in [0.1, 0.15) is 5.52 Å². The number of anilines is 1. The minimum atomic E-state index is -0.446. The summed E-state index contributed by atoms with van der Waals surface area (Å²) in [5.41, 5.74) is 3.22. The molecule has 1 aliphatic rings. The third-order valence-electron chi connectivity index (χ3n) is 3.52. The highest BCUT2D eigenvalue weighted by Crippen LogP contribution is 2.34. The molecule has 0 radical (unpaired) electrons. The molecular weight excluding hydrogens is 279 g/mol. The molecule has 0 saturated carbocycles. The Bertz CT molecular complexity index is 660. The van der Waals surface area contributed by atoms with Crippen LogP contribution in [0.1, 0.15) is 24.6 Å². The van der Waals surface area contributed by atoms with Crippen molar-refractivity contribution < 1.29 is 9.13 Å². The number of benzene rings is 1. The van der Waals surface area contributed by atoms with Crippen LogP contribution < -0.4 is 5.32 Å². The maximum atomic E-state index is 14.2. The third-order valence-corrected chi connectivity index (χ3v) is 3.81. The van der Waals surface area contributed by atoms with E-state index in [1.807, 2.05) is 6.07 Å². The van der Waals surface area contributed by atoms with Crippen molar-refractivity contribution in [2.45, 2.75) is 26.4 Å². The summed E-state index contributed by atoms with van der Waals surface area (Å²) >= 11 is 5.87. The summed E-state index contributed by atoms with van der Waals surface area (Å²) in [6, 6.07) is 3.40. The summed E-state index contributed by atoms with van der Waals surface area (Å²) in [4.78, 5) is 4.47. The molecule has 0 bridgehead atoms. The molecule has 0 saturated heterocycles. The molecule has 3 nitrogen and oxygen atoms in total. The minimum absolute atomic E-state index is 0.110. The highest BCUT2D eigenvalue weighted by atomic mass is 35.5. The first-order valence-corrected chi connectivity index (χ1v) is 7.21. The molecule has 2 heterocycles. The number of aromatic nitrogens is 1. The van der Waals surface area contributed by atoms with Crippen molar-refractivity contribution in [1.29, 1.82) is 0 Å². The number of nitrogens with one attached hydrogen (secondary N) is 1. The zero-order chi connectivity index (χ0) is 14.1. The lowest BCUT2D eigenvalue weighted by molar-refractivity contribution is 0.110. The smallest absolute Gasteiger partial charge is 0.168 e. The molecule has 3 rings (SSSR count). The van der Waals surface area contributed by atoms with Gasteiger partial charge in [0.25, 0.3) is 0 Å². The minimum Gasteiger partial charge on any atom is -0.384 e. The molecule has 0 fully saturated rings. The fourth-order valence-electron chi connectivity index (χ4n) is 2.52. The van der Waals surface area contributed by atoms with Crippen molar-refractivity contribution in [2.75, 3.05) is 18.5 Å². The molecule has 0 aliphatic carbocycles. The Kier molecular flexibility index (Phi) is 3.76. The largest absolute Gasteiger partial charge is 0.384 e. The first kappa shape index (κ1) is 13.6. The van der Waals surface area contributed by atoms with Gasteiger partial charge in [-0.2, -0.15) is 0 Å². The van der Waals surface area contributed by atoms with Crippen LogP contribution in [0.4, 0.5) is 10.1 Å². The molecule has 0 spiro atoms. The lowest BCUT2D eigenvalue weighted by atomic mass is 10.0. The second-order valence-electron chi connectivity index (χ2n) is 4.90. The fourth-order valence-corrected chi connectivity index (χ4v) is 2.67. The van der Waals surface area contributed by atoms with E-state index in [1.165, 1.54) is 0 Å². The highest BCUT2D eigenvalue weighted by molar-refractivity contribution is 6.31. The Labute approximate surface area is 122 Å². The summed E-state index contributed by atoms with van der Waals surface area (Å²) in [6.07, 6.45) is 1.70.